The van der Waals surface area contributed by atoms with Gasteiger partial charge in [0.2, 0.25) is 0 Å². The Morgan fingerprint density at radius 2 is 1.95 bits per heavy atom. The number of hydrogen-bond acceptors (Lipinski definition) is 3. The molecule has 1 aromatic heterocycles. The molecule has 3 heteroatoms. The van der Waals surface area contributed by atoms with Gasteiger partial charge in [-0.2, -0.15) is 0 Å². The Hall–Kier alpha value is -1.61. The van der Waals surface area contributed by atoms with Crippen molar-refractivity contribution in [2.75, 3.05) is 6.54 Å². The molecular weight excluding hydrogens is 236 g/mol. The first-order chi connectivity index (χ1) is 8.92. The van der Waals surface area contributed by atoms with Gasteiger partial charge in [0.05, 0.1) is 11.6 Å². The molecular formula is C16H22N2O. The van der Waals surface area contributed by atoms with Gasteiger partial charge in [-0.25, -0.2) is 0 Å². The van der Waals surface area contributed by atoms with Gasteiger partial charge in [-0.05, 0) is 38.1 Å². The van der Waals surface area contributed by atoms with Crippen LogP contribution in [0, 0.1) is 0 Å². The van der Waals surface area contributed by atoms with Crippen molar-refractivity contribution in [2.24, 2.45) is 5.73 Å². The fourth-order valence-electron chi connectivity index (χ4n) is 1.93. The van der Waals surface area contributed by atoms with Crippen molar-refractivity contribution in [3.05, 3.63) is 36.0 Å². The molecule has 2 N–H and O–H groups in total. The molecule has 0 aliphatic heterocycles. The van der Waals surface area contributed by atoms with Crippen LogP contribution >= 0.6 is 0 Å². The maximum absolute atomic E-state index is 5.80. The Kier molecular flexibility index (Phi) is 3.76. The van der Waals surface area contributed by atoms with Gasteiger partial charge in [0.25, 0.3) is 0 Å². The van der Waals surface area contributed by atoms with Crippen molar-refractivity contribution >= 4 is 10.9 Å². The molecule has 1 heterocycles. The second-order valence-corrected chi connectivity index (χ2v) is 5.81. The fraction of sp³-hybridized carbons (Fsp3) is 0.438. The lowest BCUT2D eigenvalue weighted by atomic mass is 9.89. The van der Waals surface area contributed by atoms with Crippen LogP contribution in [0.4, 0.5) is 0 Å². The maximum Gasteiger partial charge on any atom is 0.120 e. The summed E-state index contributed by atoms with van der Waals surface area (Å²) in [6, 6.07) is 10.1. The molecule has 0 bridgehead atoms. The summed E-state index contributed by atoms with van der Waals surface area (Å²) in [6.45, 7) is 8.85. The van der Waals surface area contributed by atoms with Crippen molar-refractivity contribution in [3.8, 4) is 5.75 Å². The number of fused-ring (bicyclic) bond motifs is 1. The molecule has 2 rings (SSSR count). The van der Waals surface area contributed by atoms with Gasteiger partial charge in [0, 0.05) is 23.0 Å². The van der Waals surface area contributed by atoms with Gasteiger partial charge in [-0.3, -0.25) is 4.98 Å². The summed E-state index contributed by atoms with van der Waals surface area (Å²) in [4.78, 5) is 4.70. The molecule has 0 unspecified atom stereocenters. The average molecular weight is 258 g/mol. The molecule has 0 aliphatic rings. The van der Waals surface area contributed by atoms with Crippen LogP contribution in [0.3, 0.4) is 0 Å². The number of rotatable bonds is 4. The summed E-state index contributed by atoms with van der Waals surface area (Å²) >= 11 is 0. The molecule has 0 aliphatic carbocycles. The highest BCUT2D eigenvalue weighted by Crippen LogP contribution is 2.25. The van der Waals surface area contributed by atoms with Crippen LogP contribution in [0.5, 0.6) is 5.75 Å². The number of benzene rings is 1. The Bertz CT molecular complexity index is 576. The molecule has 0 atom stereocenters. The topological polar surface area (TPSA) is 48.1 Å². The normalized spacial score (nSPS) is 12.1. The first kappa shape index (κ1) is 13.8. The van der Waals surface area contributed by atoms with E-state index < -0.39 is 0 Å². The van der Waals surface area contributed by atoms with Gasteiger partial charge in [0.15, 0.2) is 0 Å². The second kappa shape index (κ2) is 5.17. The first-order valence-corrected chi connectivity index (χ1v) is 6.70. The third kappa shape index (κ3) is 3.04. The van der Waals surface area contributed by atoms with Gasteiger partial charge < -0.3 is 10.5 Å². The Labute approximate surface area is 114 Å². The van der Waals surface area contributed by atoms with Crippen LogP contribution in [0.2, 0.25) is 0 Å². The van der Waals surface area contributed by atoms with Crippen LogP contribution in [0.1, 0.15) is 33.4 Å². The number of hydrogen-bond donors (Lipinski definition) is 1. The third-order valence-electron chi connectivity index (χ3n) is 3.24. The number of aromatic nitrogens is 1. The van der Waals surface area contributed by atoms with E-state index in [2.05, 4.69) is 19.9 Å². The monoisotopic (exact) mass is 258 g/mol. The van der Waals surface area contributed by atoms with E-state index in [1.165, 1.54) is 0 Å². The van der Waals surface area contributed by atoms with E-state index in [0.717, 1.165) is 22.3 Å². The molecule has 1 aromatic carbocycles. The number of nitrogens with two attached hydrogens (primary N) is 1. The molecule has 0 saturated heterocycles. The van der Waals surface area contributed by atoms with Gasteiger partial charge in [0.1, 0.15) is 5.75 Å². The molecule has 102 valence electrons. The number of pyridine rings is 1. The summed E-state index contributed by atoms with van der Waals surface area (Å²) in [7, 11) is 0. The summed E-state index contributed by atoms with van der Waals surface area (Å²) in [5.41, 5.74) is 7.71. The minimum atomic E-state index is -0.0959. The molecule has 0 radical (unpaired) electrons. The lowest BCUT2D eigenvalue weighted by molar-refractivity contribution is 0.243. The quantitative estimate of drug-likeness (QED) is 0.915. The van der Waals surface area contributed by atoms with Crippen LogP contribution in [0.15, 0.2) is 30.3 Å². The van der Waals surface area contributed by atoms with E-state index in [-0.39, 0.29) is 11.5 Å². The van der Waals surface area contributed by atoms with Crippen molar-refractivity contribution in [3.63, 3.8) is 0 Å². The highest BCUT2D eigenvalue weighted by atomic mass is 16.5. The minimum absolute atomic E-state index is 0.0959. The molecule has 2 aromatic rings. The zero-order chi connectivity index (χ0) is 14.0. The molecule has 0 fully saturated rings. The molecule has 19 heavy (non-hydrogen) atoms. The fourth-order valence-corrected chi connectivity index (χ4v) is 1.93. The second-order valence-electron chi connectivity index (χ2n) is 5.81. The van der Waals surface area contributed by atoms with Crippen LogP contribution in [0.25, 0.3) is 10.9 Å². The molecule has 0 spiro atoms. The van der Waals surface area contributed by atoms with E-state index in [9.17, 15) is 0 Å². The predicted octanol–water partition coefficient (Wildman–Crippen LogP) is 3.26. The molecule has 3 nitrogen and oxygen atoms in total. The van der Waals surface area contributed by atoms with E-state index in [4.69, 9.17) is 15.5 Å². The highest BCUT2D eigenvalue weighted by molar-refractivity contribution is 5.80. The number of ether oxygens (including phenoxy) is 1. The van der Waals surface area contributed by atoms with Crippen LogP contribution in [-0.2, 0) is 5.41 Å². The standard InChI is InChI=1S/C16H22N2O/c1-11(2)19-13-6-7-14-12(9-13)5-8-15(18-14)16(3,4)10-17/h5-9,11H,10,17H2,1-4H3. The lowest BCUT2D eigenvalue weighted by Crippen LogP contribution is -2.29. The van der Waals surface area contributed by atoms with E-state index in [1.54, 1.807) is 0 Å². The van der Waals surface area contributed by atoms with Gasteiger partial charge in [-0.15, -0.1) is 0 Å². The summed E-state index contributed by atoms with van der Waals surface area (Å²) < 4.78 is 5.69. The molecule has 0 amide bonds. The Balaban J connectivity index is 2.40. The Morgan fingerprint density at radius 3 is 2.58 bits per heavy atom. The van der Waals surface area contributed by atoms with E-state index in [0.29, 0.717) is 6.54 Å². The largest absolute Gasteiger partial charge is 0.491 e. The summed E-state index contributed by atoms with van der Waals surface area (Å²) in [5.74, 6) is 0.884. The van der Waals surface area contributed by atoms with Crippen molar-refractivity contribution in [1.82, 2.24) is 4.98 Å². The lowest BCUT2D eigenvalue weighted by Gasteiger charge is -2.22. The van der Waals surface area contributed by atoms with Gasteiger partial charge in [-0.1, -0.05) is 19.9 Å². The zero-order valence-corrected chi connectivity index (χ0v) is 12.1. The van der Waals surface area contributed by atoms with Crippen molar-refractivity contribution < 1.29 is 4.74 Å². The smallest absolute Gasteiger partial charge is 0.120 e. The molecule has 0 saturated carbocycles. The highest BCUT2D eigenvalue weighted by Gasteiger charge is 2.20. The average Bonchev–Trinajstić information content (AvgIpc) is 2.37. The maximum atomic E-state index is 5.80. The van der Waals surface area contributed by atoms with Crippen LogP contribution < -0.4 is 10.5 Å². The van der Waals surface area contributed by atoms with Crippen molar-refractivity contribution in [2.45, 2.75) is 39.2 Å². The van der Waals surface area contributed by atoms with E-state index >= 15 is 0 Å². The third-order valence-corrected chi connectivity index (χ3v) is 3.24. The first-order valence-electron chi connectivity index (χ1n) is 6.70. The zero-order valence-electron chi connectivity index (χ0n) is 12.1. The summed E-state index contributed by atoms with van der Waals surface area (Å²) in [6.07, 6.45) is 0.181. The van der Waals surface area contributed by atoms with Gasteiger partial charge >= 0.3 is 0 Å². The van der Waals surface area contributed by atoms with Crippen LogP contribution in [-0.4, -0.2) is 17.6 Å². The number of nitrogens with zero attached hydrogens (tertiary/aromatic N) is 1. The van der Waals surface area contributed by atoms with E-state index in [1.807, 2.05) is 38.1 Å². The predicted molar refractivity (Wildman–Crippen MR) is 79.6 cm³/mol. The minimum Gasteiger partial charge on any atom is -0.491 e. The van der Waals surface area contributed by atoms with Crippen molar-refractivity contribution in [1.29, 1.82) is 0 Å². The SMILES string of the molecule is CC(C)Oc1ccc2nc(C(C)(C)CN)ccc2c1. The Morgan fingerprint density at radius 1 is 1.21 bits per heavy atom. The summed E-state index contributed by atoms with van der Waals surface area (Å²) in [5, 5.41) is 1.09.